The van der Waals surface area contributed by atoms with Crippen molar-refractivity contribution in [3.05, 3.63) is 66.6 Å². The van der Waals surface area contributed by atoms with Crippen molar-refractivity contribution < 1.29 is 14.8 Å². The number of carbonyl (C=O) groups excluding carboxylic acids is 1. The second kappa shape index (κ2) is 7.04. The standard InChI is InChI=1S/C14H9Cl3N2O4/c15-8-5-9(16)13(20)11(12(8)17)14(21)18-6-7-3-1-2-4-10(7)19(22)23/h1-5,20H,6H2,(H,18,21). The SMILES string of the molecule is O=C(NCc1ccccc1[N+](=O)[O-])c1c(O)c(Cl)cc(Cl)c1Cl. The van der Waals surface area contributed by atoms with E-state index < -0.39 is 16.6 Å². The summed E-state index contributed by atoms with van der Waals surface area (Å²) in [6.07, 6.45) is 0. The molecular formula is C14H9Cl3N2O4. The van der Waals surface area contributed by atoms with Crippen molar-refractivity contribution in [1.82, 2.24) is 5.32 Å². The van der Waals surface area contributed by atoms with Crippen molar-refractivity contribution in [2.24, 2.45) is 0 Å². The first kappa shape index (κ1) is 17.3. The molecule has 0 aliphatic rings. The fourth-order valence-corrected chi connectivity index (χ4v) is 2.59. The lowest BCUT2D eigenvalue weighted by Crippen LogP contribution is -2.23. The lowest BCUT2D eigenvalue weighted by Gasteiger charge is -2.11. The smallest absolute Gasteiger partial charge is 0.274 e. The van der Waals surface area contributed by atoms with Crippen molar-refractivity contribution in [1.29, 1.82) is 0 Å². The zero-order valence-corrected chi connectivity index (χ0v) is 13.6. The van der Waals surface area contributed by atoms with Crippen molar-refractivity contribution in [3.8, 4) is 5.75 Å². The molecule has 1 amide bonds. The lowest BCUT2D eigenvalue weighted by atomic mass is 10.1. The van der Waals surface area contributed by atoms with E-state index in [1.54, 1.807) is 6.07 Å². The van der Waals surface area contributed by atoms with Crippen LogP contribution in [0.2, 0.25) is 15.1 Å². The van der Waals surface area contributed by atoms with Gasteiger partial charge in [0.1, 0.15) is 11.3 Å². The summed E-state index contributed by atoms with van der Waals surface area (Å²) in [6, 6.07) is 7.16. The van der Waals surface area contributed by atoms with Crippen LogP contribution in [0, 0.1) is 10.1 Å². The number of nitro groups is 1. The van der Waals surface area contributed by atoms with Crippen LogP contribution >= 0.6 is 34.8 Å². The average Bonchev–Trinajstić information content (AvgIpc) is 2.51. The number of rotatable bonds is 4. The first-order chi connectivity index (χ1) is 10.8. The Labute approximate surface area is 145 Å². The molecule has 0 saturated carbocycles. The number of amides is 1. The quantitative estimate of drug-likeness (QED) is 0.476. The van der Waals surface area contributed by atoms with Gasteiger partial charge in [0.2, 0.25) is 0 Å². The van der Waals surface area contributed by atoms with Gasteiger partial charge in [0.15, 0.2) is 0 Å². The Morgan fingerprint density at radius 3 is 2.52 bits per heavy atom. The molecule has 2 N–H and O–H groups in total. The van der Waals surface area contributed by atoms with Gasteiger partial charge in [-0.3, -0.25) is 14.9 Å². The number of hydrogen-bond donors (Lipinski definition) is 2. The number of carbonyl (C=O) groups is 1. The van der Waals surface area contributed by atoms with Gasteiger partial charge in [-0.1, -0.05) is 53.0 Å². The number of nitrogens with one attached hydrogen (secondary N) is 1. The third-order valence-electron chi connectivity index (χ3n) is 3.00. The Bertz CT molecular complexity index is 770. The largest absolute Gasteiger partial charge is 0.505 e. The van der Waals surface area contributed by atoms with E-state index >= 15 is 0 Å². The van der Waals surface area contributed by atoms with E-state index in [1.807, 2.05) is 0 Å². The molecule has 0 aromatic heterocycles. The summed E-state index contributed by atoms with van der Waals surface area (Å²) in [4.78, 5) is 22.6. The van der Waals surface area contributed by atoms with Gasteiger partial charge in [-0.2, -0.15) is 0 Å². The van der Waals surface area contributed by atoms with Crippen LogP contribution in [0.15, 0.2) is 30.3 Å². The fraction of sp³-hybridized carbons (Fsp3) is 0.0714. The summed E-state index contributed by atoms with van der Waals surface area (Å²) in [5, 5.41) is 23.0. The maximum Gasteiger partial charge on any atom is 0.274 e. The molecule has 9 heteroatoms. The molecule has 0 saturated heterocycles. The second-order valence-electron chi connectivity index (χ2n) is 4.45. The van der Waals surface area contributed by atoms with E-state index in [0.29, 0.717) is 5.56 Å². The highest BCUT2D eigenvalue weighted by Crippen LogP contribution is 2.38. The van der Waals surface area contributed by atoms with Gasteiger partial charge in [0, 0.05) is 18.2 Å². The van der Waals surface area contributed by atoms with Crippen LogP contribution in [-0.2, 0) is 6.54 Å². The van der Waals surface area contributed by atoms with Crippen LogP contribution in [0.3, 0.4) is 0 Å². The summed E-state index contributed by atoms with van der Waals surface area (Å²) >= 11 is 17.5. The monoisotopic (exact) mass is 374 g/mol. The van der Waals surface area contributed by atoms with E-state index in [2.05, 4.69) is 5.32 Å². The zero-order chi connectivity index (χ0) is 17.1. The number of phenolic OH excluding ortho intramolecular Hbond substituents is 1. The third kappa shape index (κ3) is 3.67. The van der Waals surface area contributed by atoms with Crippen LogP contribution in [0.5, 0.6) is 5.75 Å². The molecule has 0 fully saturated rings. The number of halogens is 3. The molecular weight excluding hydrogens is 367 g/mol. The highest BCUT2D eigenvalue weighted by atomic mass is 35.5. The molecule has 23 heavy (non-hydrogen) atoms. The Balaban J connectivity index is 2.27. The Kier molecular flexibility index (Phi) is 5.30. The van der Waals surface area contributed by atoms with E-state index in [1.165, 1.54) is 24.3 Å². The Hall–Kier alpha value is -2.02. The molecule has 2 aromatic carbocycles. The minimum Gasteiger partial charge on any atom is -0.505 e. The third-order valence-corrected chi connectivity index (χ3v) is 4.08. The predicted octanol–water partition coefficient (Wildman–Crippen LogP) is 4.19. The van der Waals surface area contributed by atoms with Gasteiger partial charge in [0.05, 0.1) is 20.0 Å². The number of aromatic hydroxyl groups is 1. The van der Waals surface area contributed by atoms with Crippen molar-refractivity contribution in [2.75, 3.05) is 0 Å². The number of para-hydroxylation sites is 1. The lowest BCUT2D eigenvalue weighted by molar-refractivity contribution is -0.385. The molecule has 0 radical (unpaired) electrons. The molecule has 0 aliphatic heterocycles. The molecule has 120 valence electrons. The van der Waals surface area contributed by atoms with Crippen molar-refractivity contribution in [2.45, 2.75) is 6.54 Å². The first-order valence-corrected chi connectivity index (χ1v) is 7.33. The predicted molar refractivity (Wildman–Crippen MR) is 87.4 cm³/mol. The van der Waals surface area contributed by atoms with Crippen LogP contribution in [0.4, 0.5) is 5.69 Å². The van der Waals surface area contributed by atoms with Crippen LogP contribution in [0.1, 0.15) is 15.9 Å². The van der Waals surface area contributed by atoms with Crippen LogP contribution < -0.4 is 5.32 Å². The summed E-state index contributed by atoms with van der Waals surface area (Å²) in [5.41, 5.74) is -0.121. The Morgan fingerprint density at radius 1 is 1.22 bits per heavy atom. The molecule has 2 rings (SSSR count). The highest BCUT2D eigenvalue weighted by molar-refractivity contribution is 6.45. The second-order valence-corrected chi connectivity index (χ2v) is 5.64. The summed E-state index contributed by atoms with van der Waals surface area (Å²) in [6.45, 7) is -0.129. The normalized spacial score (nSPS) is 10.4. The van der Waals surface area contributed by atoms with Crippen molar-refractivity contribution in [3.63, 3.8) is 0 Å². The van der Waals surface area contributed by atoms with Gasteiger partial charge in [-0.15, -0.1) is 0 Å². The molecule has 0 unspecified atom stereocenters. The molecule has 0 spiro atoms. The molecule has 0 atom stereocenters. The van der Waals surface area contributed by atoms with Gasteiger partial charge in [0.25, 0.3) is 11.6 Å². The number of benzene rings is 2. The van der Waals surface area contributed by atoms with E-state index in [4.69, 9.17) is 34.8 Å². The molecule has 0 bridgehead atoms. The van der Waals surface area contributed by atoms with E-state index in [-0.39, 0.29) is 32.9 Å². The maximum atomic E-state index is 12.2. The van der Waals surface area contributed by atoms with Crippen LogP contribution in [-0.4, -0.2) is 15.9 Å². The van der Waals surface area contributed by atoms with Gasteiger partial charge in [-0.05, 0) is 6.07 Å². The van der Waals surface area contributed by atoms with E-state index in [0.717, 1.165) is 0 Å². The minimum atomic E-state index is -0.755. The number of phenols is 1. The number of hydrogen-bond acceptors (Lipinski definition) is 4. The first-order valence-electron chi connectivity index (χ1n) is 6.20. The van der Waals surface area contributed by atoms with Crippen LogP contribution in [0.25, 0.3) is 0 Å². The summed E-state index contributed by atoms with van der Waals surface area (Å²) in [7, 11) is 0. The molecule has 6 nitrogen and oxygen atoms in total. The van der Waals surface area contributed by atoms with Gasteiger partial charge >= 0.3 is 0 Å². The fourth-order valence-electron chi connectivity index (χ4n) is 1.90. The highest BCUT2D eigenvalue weighted by Gasteiger charge is 2.22. The van der Waals surface area contributed by atoms with E-state index in [9.17, 15) is 20.0 Å². The minimum absolute atomic E-state index is 0.00492. The number of nitrogens with zero attached hydrogens (tertiary/aromatic N) is 1. The topological polar surface area (TPSA) is 92.5 Å². The average molecular weight is 376 g/mol. The summed E-state index contributed by atoms with van der Waals surface area (Å²) < 4.78 is 0. The Morgan fingerprint density at radius 2 is 1.87 bits per heavy atom. The van der Waals surface area contributed by atoms with Gasteiger partial charge < -0.3 is 10.4 Å². The molecule has 2 aromatic rings. The maximum absolute atomic E-state index is 12.2. The molecule has 0 aliphatic carbocycles. The van der Waals surface area contributed by atoms with Gasteiger partial charge in [-0.25, -0.2) is 0 Å². The van der Waals surface area contributed by atoms with Crippen molar-refractivity contribution >= 4 is 46.4 Å². The summed E-state index contributed by atoms with van der Waals surface area (Å²) in [5.74, 6) is -1.27. The zero-order valence-electron chi connectivity index (χ0n) is 11.3. The number of nitro benzene ring substituents is 1. The molecule has 0 heterocycles.